The maximum absolute atomic E-state index is 12.5. The number of thiazole rings is 1. The topological polar surface area (TPSA) is 104 Å². The van der Waals surface area contributed by atoms with Gasteiger partial charge in [-0.2, -0.15) is 0 Å². The van der Waals surface area contributed by atoms with Crippen molar-refractivity contribution in [2.24, 2.45) is 0 Å². The molecule has 27 heavy (non-hydrogen) atoms. The number of amides is 1. The Balaban J connectivity index is 1.75. The minimum absolute atomic E-state index is 0.147. The smallest absolute Gasteiger partial charge is 0.271 e. The highest BCUT2D eigenvalue weighted by atomic mass is 32.1. The molecule has 2 aromatic carbocycles. The van der Waals surface area contributed by atoms with E-state index in [1.165, 1.54) is 36.6 Å². The van der Waals surface area contributed by atoms with Crippen LogP contribution in [0.25, 0.3) is 0 Å². The van der Waals surface area contributed by atoms with Gasteiger partial charge in [-0.25, -0.2) is 4.98 Å². The molecule has 0 bridgehead atoms. The van der Waals surface area contributed by atoms with Crippen LogP contribution >= 0.6 is 11.3 Å². The first-order chi connectivity index (χ1) is 13.1. The number of carbonyl (C=O) groups is 1. The highest BCUT2D eigenvalue weighted by molar-refractivity contribution is 7.07. The molecule has 0 unspecified atom stereocenters. The summed E-state index contributed by atoms with van der Waals surface area (Å²) in [7, 11) is 1.42. The Morgan fingerprint density at radius 2 is 2.15 bits per heavy atom. The average molecular weight is 385 g/mol. The lowest BCUT2D eigenvalue weighted by molar-refractivity contribution is -0.384. The lowest BCUT2D eigenvalue weighted by atomic mass is 10.2. The van der Waals surface area contributed by atoms with Gasteiger partial charge in [0.2, 0.25) is 0 Å². The molecule has 0 saturated heterocycles. The fourth-order valence-electron chi connectivity index (χ4n) is 2.29. The minimum atomic E-state index is -0.540. The molecular weight excluding hydrogens is 370 g/mol. The zero-order chi connectivity index (χ0) is 19.2. The van der Waals surface area contributed by atoms with Gasteiger partial charge in [0.1, 0.15) is 18.1 Å². The predicted octanol–water partition coefficient (Wildman–Crippen LogP) is 3.89. The molecule has 1 aromatic heterocycles. The van der Waals surface area contributed by atoms with Crippen LogP contribution in [-0.4, -0.2) is 22.9 Å². The monoisotopic (exact) mass is 385 g/mol. The lowest BCUT2D eigenvalue weighted by Gasteiger charge is -2.11. The van der Waals surface area contributed by atoms with Gasteiger partial charge in [-0.05, 0) is 24.3 Å². The van der Waals surface area contributed by atoms with Crippen molar-refractivity contribution in [3.63, 3.8) is 0 Å². The summed E-state index contributed by atoms with van der Waals surface area (Å²) in [6, 6.07) is 10.6. The number of hydrogen-bond donors (Lipinski definition) is 1. The van der Waals surface area contributed by atoms with Gasteiger partial charge in [0, 0.05) is 23.1 Å². The molecule has 1 heterocycles. The largest absolute Gasteiger partial charge is 0.495 e. The van der Waals surface area contributed by atoms with Gasteiger partial charge in [0.15, 0.2) is 0 Å². The van der Waals surface area contributed by atoms with Crippen molar-refractivity contribution in [3.05, 3.63) is 74.7 Å². The van der Waals surface area contributed by atoms with E-state index in [1.807, 2.05) is 5.38 Å². The maximum Gasteiger partial charge on any atom is 0.271 e. The normalized spacial score (nSPS) is 10.3. The molecule has 138 valence electrons. The summed E-state index contributed by atoms with van der Waals surface area (Å²) in [4.78, 5) is 27.1. The number of non-ortho nitro benzene ring substituents is 1. The number of rotatable bonds is 7. The summed E-state index contributed by atoms with van der Waals surface area (Å²) in [5.74, 6) is 0.402. The van der Waals surface area contributed by atoms with Crippen LogP contribution in [0, 0.1) is 10.1 Å². The van der Waals surface area contributed by atoms with Crippen LogP contribution < -0.4 is 14.8 Å². The van der Waals surface area contributed by atoms with Gasteiger partial charge < -0.3 is 14.8 Å². The Hall–Kier alpha value is -3.46. The van der Waals surface area contributed by atoms with Crippen molar-refractivity contribution < 1.29 is 19.2 Å². The van der Waals surface area contributed by atoms with Crippen LogP contribution in [0.2, 0.25) is 0 Å². The molecule has 3 rings (SSSR count). The van der Waals surface area contributed by atoms with Gasteiger partial charge in [-0.3, -0.25) is 14.9 Å². The predicted molar refractivity (Wildman–Crippen MR) is 100 cm³/mol. The van der Waals surface area contributed by atoms with E-state index in [4.69, 9.17) is 9.47 Å². The van der Waals surface area contributed by atoms with Crippen molar-refractivity contribution in [2.75, 3.05) is 12.4 Å². The van der Waals surface area contributed by atoms with Crippen molar-refractivity contribution >= 4 is 28.6 Å². The molecular formula is C18H15N3O5S. The third-order valence-electron chi connectivity index (χ3n) is 3.61. The number of carbonyl (C=O) groups excluding carboxylic acids is 1. The van der Waals surface area contributed by atoms with E-state index in [0.29, 0.717) is 23.7 Å². The number of anilines is 1. The SMILES string of the molecule is COc1ccc([N+](=O)[O-])cc1NC(=O)c1cccc(OCc2cscn2)c1. The van der Waals surface area contributed by atoms with Crippen molar-refractivity contribution in [2.45, 2.75) is 6.61 Å². The second-order valence-electron chi connectivity index (χ2n) is 5.39. The van der Waals surface area contributed by atoms with E-state index >= 15 is 0 Å². The van der Waals surface area contributed by atoms with Crippen LogP contribution in [0.3, 0.4) is 0 Å². The molecule has 9 heteroatoms. The molecule has 1 amide bonds. The summed E-state index contributed by atoms with van der Waals surface area (Å²) in [5.41, 5.74) is 2.93. The van der Waals surface area contributed by atoms with Gasteiger partial charge in [-0.1, -0.05) is 6.07 Å². The number of ether oxygens (including phenoxy) is 2. The number of methoxy groups -OCH3 is 1. The van der Waals surface area contributed by atoms with E-state index in [2.05, 4.69) is 10.3 Å². The molecule has 0 saturated carbocycles. The molecule has 0 aliphatic heterocycles. The summed E-state index contributed by atoms with van der Waals surface area (Å²) < 4.78 is 10.8. The quantitative estimate of drug-likeness (QED) is 0.489. The van der Waals surface area contributed by atoms with Gasteiger partial charge in [-0.15, -0.1) is 11.3 Å². The van der Waals surface area contributed by atoms with Crippen molar-refractivity contribution in [1.82, 2.24) is 4.98 Å². The average Bonchev–Trinajstić information content (AvgIpc) is 3.20. The second kappa shape index (κ2) is 8.28. The first kappa shape index (κ1) is 18.3. The number of nitro groups is 1. The fraction of sp³-hybridized carbons (Fsp3) is 0.111. The van der Waals surface area contributed by atoms with E-state index in [9.17, 15) is 14.9 Å². The Morgan fingerprint density at radius 1 is 1.30 bits per heavy atom. The van der Waals surface area contributed by atoms with Crippen LogP contribution in [0.15, 0.2) is 53.4 Å². The zero-order valence-electron chi connectivity index (χ0n) is 14.2. The van der Waals surface area contributed by atoms with Gasteiger partial charge in [0.05, 0.1) is 28.9 Å². The Bertz CT molecular complexity index is 959. The highest BCUT2D eigenvalue weighted by Crippen LogP contribution is 2.29. The number of benzene rings is 2. The van der Waals surface area contributed by atoms with Crippen LogP contribution in [-0.2, 0) is 6.61 Å². The third kappa shape index (κ3) is 4.59. The third-order valence-corrected chi connectivity index (χ3v) is 4.24. The number of nitro benzene ring substituents is 1. The van der Waals surface area contributed by atoms with Crippen LogP contribution in [0.4, 0.5) is 11.4 Å². The first-order valence-electron chi connectivity index (χ1n) is 7.80. The summed E-state index contributed by atoms with van der Waals surface area (Å²) in [6.45, 7) is 0.299. The van der Waals surface area contributed by atoms with E-state index in [1.54, 1.807) is 29.8 Å². The number of nitrogens with zero attached hydrogens (tertiary/aromatic N) is 2. The fourth-order valence-corrected chi connectivity index (χ4v) is 2.84. The molecule has 0 atom stereocenters. The van der Waals surface area contributed by atoms with E-state index < -0.39 is 10.8 Å². The molecule has 0 fully saturated rings. The molecule has 0 radical (unpaired) electrons. The Kier molecular flexibility index (Phi) is 5.62. The Morgan fingerprint density at radius 3 is 2.85 bits per heavy atom. The highest BCUT2D eigenvalue weighted by Gasteiger charge is 2.15. The first-order valence-corrected chi connectivity index (χ1v) is 8.75. The molecule has 0 aliphatic rings. The molecule has 3 aromatic rings. The molecule has 8 nitrogen and oxygen atoms in total. The van der Waals surface area contributed by atoms with Crippen molar-refractivity contribution in [1.29, 1.82) is 0 Å². The van der Waals surface area contributed by atoms with E-state index in [-0.39, 0.29) is 11.4 Å². The van der Waals surface area contributed by atoms with E-state index in [0.717, 1.165) is 5.69 Å². The standard InChI is InChI=1S/C18H15N3O5S/c1-25-17-6-5-14(21(23)24)8-16(17)20-18(22)12-3-2-4-15(7-12)26-9-13-10-27-11-19-13/h2-8,10-11H,9H2,1H3,(H,20,22). The molecule has 0 aliphatic carbocycles. The van der Waals surface area contributed by atoms with Crippen LogP contribution in [0.1, 0.15) is 16.1 Å². The number of hydrogen-bond acceptors (Lipinski definition) is 7. The van der Waals surface area contributed by atoms with Gasteiger partial charge >= 0.3 is 0 Å². The zero-order valence-corrected chi connectivity index (χ0v) is 15.1. The second-order valence-corrected chi connectivity index (χ2v) is 6.11. The van der Waals surface area contributed by atoms with Crippen LogP contribution in [0.5, 0.6) is 11.5 Å². The maximum atomic E-state index is 12.5. The molecule has 0 spiro atoms. The van der Waals surface area contributed by atoms with Crippen molar-refractivity contribution in [3.8, 4) is 11.5 Å². The number of nitrogens with one attached hydrogen (secondary N) is 1. The summed E-state index contributed by atoms with van der Waals surface area (Å²) >= 11 is 1.48. The molecule has 1 N–H and O–H groups in total. The summed E-state index contributed by atoms with van der Waals surface area (Å²) in [6.07, 6.45) is 0. The number of aromatic nitrogens is 1. The Labute approximate surface area is 158 Å². The minimum Gasteiger partial charge on any atom is -0.495 e. The van der Waals surface area contributed by atoms with Gasteiger partial charge in [0.25, 0.3) is 11.6 Å². The summed E-state index contributed by atoms with van der Waals surface area (Å²) in [5, 5.41) is 15.5. The lowest BCUT2D eigenvalue weighted by Crippen LogP contribution is -2.13.